The molecule has 0 unspecified atom stereocenters. The van der Waals surface area contributed by atoms with E-state index in [1.54, 1.807) is 11.3 Å². The summed E-state index contributed by atoms with van der Waals surface area (Å²) < 4.78 is 0. The van der Waals surface area contributed by atoms with Crippen molar-refractivity contribution in [2.75, 3.05) is 5.32 Å². The molecular formula is C14H18N4S. The Labute approximate surface area is 117 Å². The first-order valence-corrected chi connectivity index (χ1v) is 6.93. The smallest absolute Gasteiger partial charge is 0.193 e. The lowest BCUT2D eigenvalue weighted by molar-refractivity contribution is 1.05. The van der Waals surface area contributed by atoms with Gasteiger partial charge in [-0.3, -0.25) is 0 Å². The second-order valence-corrected chi connectivity index (χ2v) is 5.72. The van der Waals surface area contributed by atoms with Gasteiger partial charge in [0.25, 0.3) is 0 Å². The van der Waals surface area contributed by atoms with Crippen molar-refractivity contribution in [3.8, 4) is 0 Å². The van der Waals surface area contributed by atoms with E-state index >= 15 is 0 Å². The Morgan fingerprint density at radius 2 is 1.95 bits per heavy atom. The number of nitrogens with one attached hydrogen (secondary N) is 1. The number of nitrogens with zero attached hydrogens (tertiary/aromatic N) is 2. The zero-order valence-corrected chi connectivity index (χ0v) is 12.2. The van der Waals surface area contributed by atoms with Gasteiger partial charge in [0, 0.05) is 10.6 Å². The van der Waals surface area contributed by atoms with E-state index in [-0.39, 0.29) is 0 Å². The lowest BCUT2D eigenvalue weighted by Gasteiger charge is -2.05. The fourth-order valence-electron chi connectivity index (χ4n) is 1.70. The van der Waals surface area contributed by atoms with Crippen LogP contribution in [0.5, 0.6) is 0 Å². The number of thiazole rings is 1. The molecule has 19 heavy (non-hydrogen) atoms. The highest BCUT2D eigenvalue weighted by atomic mass is 32.1. The van der Waals surface area contributed by atoms with Gasteiger partial charge in [-0.05, 0) is 32.9 Å². The molecule has 2 rings (SSSR count). The number of benzene rings is 1. The second kappa shape index (κ2) is 5.84. The van der Waals surface area contributed by atoms with Crippen LogP contribution in [-0.4, -0.2) is 10.9 Å². The topological polar surface area (TPSA) is 63.3 Å². The fraction of sp³-hybridized carbons (Fsp3) is 0.286. The summed E-state index contributed by atoms with van der Waals surface area (Å²) >= 11 is 1.66. The van der Waals surface area contributed by atoms with E-state index in [0.29, 0.717) is 12.5 Å². The number of aliphatic imine (C=N–C) groups is 1. The molecule has 1 aromatic carbocycles. The normalized spacial score (nSPS) is 11.6. The molecule has 5 heteroatoms. The van der Waals surface area contributed by atoms with Crippen molar-refractivity contribution in [3.63, 3.8) is 0 Å². The molecule has 1 aromatic heterocycles. The Kier molecular flexibility index (Phi) is 4.16. The average molecular weight is 274 g/mol. The predicted molar refractivity (Wildman–Crippen MR) is 81.7 cm³/mol. The average Bonchev–Trinajstić information content (AvgIpc) is 2.68. The Morgan fingerprint density at radius 1 is 1.26 bits per heavy atom. The number of anilines is 1. The Bertz CT molecular complexity index is 584. The van der Waals surface area contributed by atoms with E-state index in [1.807, 2.05) is 38.1 Å². The maximum Gasteiger partial charge on any atom is 0.193 e. The van der Waals surface area contributed by atoms with E-state index in [1.165, 1.54) is 5.56 Å². The van der Waals surface area contributed by atoms with Gasteiger partial charge >= 0.3 is 0 Å². The van der Waals surface area contributed by atoms with E-state index < -0.39 is 0 Å². The van der Waals surface area contributed by atoms with Crippen LogP contribution in [0.25, 0.3) is 0 Å². The Hall–Kier alpha value is -1.88. The monoisotopic (exact) mass is 274 g/mol. The summed E-state index contributed by atoms with van der Waals surface area (Å²) in [5, 5.41) is 4.14. The summed E-state index contributed by atoms with van der Waals surface area (Å²) in [4.78, 5) is 9.87. The quantitative estimate of drug-likeness (QED) is 0.668. The van der Waals surface area contributed by atoms with Crippen molar-refractivity contribution in [2.24, 2.45) is 10.7 Å². The molecule has 0 fully saturated rings. The van der Waals surface area contributed by atoms with E-state index in [4.69, 9.17) is 5.73 Å². The van der Waals surface area contributed by atoms with Crippen LogP contribution < -0.4 is 11.1 Å². The minimum absolute atomic E-state index is 0.425. The van der Waals surface area contributed by atoms with Gasteiger partial charge in [0.05, 0.1) is 17.2 Å². The number of guanidine groups is 1. The number of aromatic nitrogens is 1. The molecule has 0 saturated heterocycles. The summed E-state index contributed by atoms with van der Waals surface area (Å²) in [6.45, 7) is 6.62. The van der Waals surface area contributed by atoms with Gasteiger partial charge in [0.15, 0.2) is 5.96 Å². The molecule has 0 amide bonds. The molecule has 2 aromatic rings. The zero-order chi connectivity index (χ0) is 13.8. The summed E-state index contributed by atoms with van der Waals surface area (Å²) in [5.74, 6) is 0.425. The minimum atomic E-state index is 0.425. The van der Waals surface area contributed by atoms with E-state index in [0.717, 1.165) is 21.3 Å². The van der Waals surface area contributed by atoms with Crippen LogP contribution in [0, 0.1) is 20.8 Å². The third-order valence-corrected chi connectivity index (χ3v) is 3.77. The van der Waals surface area contributed by atoms with Crippen LogP contribution in [0.2, 0.25) is 0 Å². The number of hydrogen-bond donors (Lipinski definition) is 2. The highest BCUT2D eigenvalue weighted by Gasteiger charge is 2.03. The van der Waals surface area contributed by atoms with Crippen LogP contribution in [0.1, 0.15) is 21.1 Å². The van der Waals surface area contributed by atoms with Crippen molar-refractivity contribution in [2.45, 2.75) is 27.3 Å². The van der Waals surface area contributed by atoms with Gasteiger partial charge in [-0.15, -0.1) is 11.3 Å². The van der Waals surface area contributed by atoms with Gasteiger partial charge in [-0.2, -0.15) is 0 Å². The van der Waals surface area contributed by atoms with Crippen molar-refractivity contribution >= 4 is 23.0 Å². The molecule has 0 spiro atoms. The van der Waals surface area contributed by atoms with E-state index in [2.05, 4.69) is 22.2 Å². The number of aryl methyl sites for hydroxylation is 3. The molecule has 0 aliphatic heterocycles. The van der Waals surface area contributed by atoms with Gasteiger partial charge in [-0.25, -0.2) is 9.98 Å². The van der Waals surface area contributed by atoms with Crippen LogP contribution in [0.3, 0.4) is 0 Å². The third-order valence-electron chi connectivity index (χ3n) is 2.72. The molecule has 4 nitrogen and oxygen atoms in total. The standard InChI is InChI=1S/C14H18N4S/c1-9-4-6-12(7-5-9)18-14(15)16-8-13-10(2)17-11(3)19-13/h4-7H,8H2,1-3H3,(H3,15,16,18). The minimum Gasteiger partial charge on any atom is -0.370 e. The Morgan fingerprint density at radius 3 is 2.53 bits per heavy atom. The van der Waals surface area contributed by atoms with Crippen molar-refractivity contribution < 1.29 is 0 Å². The highest BCUT2D eigenvalue weighted by molar-refractivity contribution is 7.11. The predicted octanol–water partition coefficient (Wildman–Crippen LogP) is 3.00. The molecule has 0 saturated carbocycles. The molecular weight excluding hydrogens is 256 g/mol. The van der Waals surface area contributed by atoms with Crippen molar-refractivity contribution in [1.29, 1.82) is 0 Å². The molecule has 0 bridgehead atoms. The fourth-order valence-corrected chi connectivity index (χ4v) is 2.56. The van der Waals surface area contributed by atoms with Gasteiger partial charge in [0.1, 0.15) is 0 Å². The molecule has 1 heterocycles. The number of nitrogens with two attached hydrogens (primary N) is 1. The molecule has 0 aliphatic carbocycles. The SMILES string of the molecule is Cc1ccc(NC(N)=NCc2sc(C)nc2C)cc1. The number of hydrogen-bond acceptors (Lipinski definition) is 3. The van der Waals surface area contributed by atoms with E-state index in [9.17, 15) is 0 Å². The summed E-state index contributed by atoms with van der Waals surface area (Å²) in [7, 11) is 0. The molecule has 0 atom stereocenters. The lowest BCUT2D eigenvalue weighted by atomic mass is 10.2. The first-order chi connectivity index (χ1) is 9.04. The molecule has 0 radical (unpaired) electrons. The summed E-state index contributed by atoms with van der Waals surface area (Å²) in [6.07, 6.45) is 0. The van der Waals surface area contributed by atoms with Crippen LogP contribution >= 0.6 is 11.3 Å². The first-order valence-electron chi connectivity index (χ1n) is 6.11. The zero-order valence-electron chi connectivity index (χ0n) is 11.4. The summed E-state index contributed by atoms with van der Waals surface area (Å²) in [5.41, 5.74) is 9.08. The van der Waals surface area contributed by atoms with Gasteiger partial charge < -0.3 is 11.1 Å². The molecule has 0 aliphatic rings. The Balaban J connectivity index is 1.99. The largest absolute Gasteiger partial charge is 0.370 e. The van der Waals surface area contributed by atoms with Crippen molar-refractivity contribution in [3.05, 3.63) is 45.4 Å². The molecule has 100 valence electrons. The highest BCUT2D eigenvalue weighted by Crippen LogP contribution is 2.17. The van der Waals surface area contributed by atoms with Crippen LogP contribution in [-0.2, 0) is 6.54 Å². The van der Waals surface area contributed by atoms with Gasteiger partial charge in [0.2, 0.25) is 0 Å². The van der Waals surface area contributed by atoms with Gasteiger partial charge in [-0.1, -0.05) is 17.7 Å². The van der Waals surface area contributed by atoms with Crippen LogP contribution in [0.15, 0.2) is 29.3 Å². The summed E-state index contributed by atoms with van der Waals surface area (Å²) in [6, 6.07) is 8.04. The third kappa shape index (κ3) is 3.79. The second-order valence-electron chi connectivity index (χ2n) is 4.43. The number of rotatable bonds is 3. The van der Waals surface area contributed by atoms with Crippen molar-refractivity contribution in [1.82, 2.24) is 4.98 Å². The maximum atomic E-state index is 5.87. The first kappa shape index (κ1) is 13.5. The maximum absolute atomic E-state index is 5.87. The van der Waals surface area contributed by atoms with Crippen LogP contribution in [0.4, 0.5) is 5.69 Å². The lowest BCUT2D eigenvalue weighted by Crippen LogP contribution is -2.22. The molecule has 3 N–H and O–H groups in total.